The fourth-order valence-electron chi connectivity index (χ4n) is 3.79. The SMILES string of the molecule is CC(C)n1cccc1C(=O)N1CCCCC1CCc1cccc(O)c1. The molecule has 4 nitrogen and oxygen atoms in total. The Labute approximate surface area is 150 Å². The van der Waals surface area contributed by atoms with E-state index in [1.165, 1.54) is 6.42 Å². The lowest BCUT2D eigenvalue weighted by atomic mass is 9.95. The third kappa shape index (κ3) is 4.06. The maximum absolute atomic E-state index is 13.1. The van der Waals surface area contributed by atoms with Gasteiger partial charge in [0.15, 0.2) is 0 Å². The number of benzene rings is 1. The zero-order valence-electron chi connectivity index (χ0n) is 15.2. The van der Waals surface area contributed by atoms with Gasteiger partial charge in [-0.05, 0) is 75.8 Å². The molecule has 1 aliphatic rings. The Morgan fingerprint density at radius 1 is 1.24 bits per heavy atom. The third-order valence-corrected chi connectivity index (χ3v) is 5.12. The van der Waals surface area contributed by atoms with Crippen LogP contribution in [-0.4, -0.2) is 33.1 Å². The summed E-state index contributed by atoms with van der Waals surface area (Å²) in [6.07, 6.45) is 7.14. The molecule has 0 aliphatic carbocycles. The molecule has 0 bridgehead atoms. The van der Waals surface area contributed by atoms with E-state index in [1.54, 1.807) is 6.07 Å². The molecule has 1 aliphatic heterocycles. The number of piperidine rings is 1. The Bertz CT molecular complexity index is 720. The van der Waals surface area contributed by atoms with Crippen molar-refractivity contribution in [2.75, 3.05) is 6.54 Å². The number of rotatable bonds is 5. The molecule has 1 fully saturated rings. The molecular formula is C21H28N2O2. The summed E-state index contributed by atoms with van der Waals surface area (Å²) in [5.74, 6) is 0.461. The predicted molar refractivity (Wildman–Crippen MR) is 99.9 cm³/mol. The van der Waals surface area contributed by atoms with Gasteiger partial charge in [0, 0.05) is 24.8 Å². The molecule has 4 heteroatoms. The van der Waals surface area contributed by atoms with Crippen LogP contribution < -0.4 is 0 Å². The molecule has 0 spiro atoms. The number of phenols is 1. The van der Waals surface area contributed by atoms with Crippen LogP contribution in [0.4, 0.5) is 0 Å². The highest BCUT2D eigenvalue weighted by atomic mass is 16.3. The van der Waals surface area contributed by atoms with Crippen molar-refractivity contribution in [3.05, 3.63) is 53.9 Å². The molecule has 1 N–H and O–H groups in total. The van der Waals surface area contributed by atoms with Gasteiger partial charge in [-0.25, -0.2) is 0 Å². The molecule has 1 atom stereocenters. The lowest BCUT2D eigenvalue weighted by Crippen LogP contribution is -2.44. The Balaban J connectivity index is 1.72. The molecule has 2 aromatic rings. The number of hydrogen-bond acceptors (Lipinski definition) is 2. The minimum absolute atomic E-state index is 0.152. The Kier molecular flexibility index (Phi) is 5.47. The van der Waals surface area contributed by atoms with Gasteiger partial charge in [0.2, 0.25) is 0 Å². The lowest BCUT2D eigenvalue weighted by Gasteiger charge is -2.36. The zero-order valence-corrected chi connectivity index (χ0v) is 15.2. The first-order valence-corrected chi connectivity index (χ1v) is 9.32. The van der Waals surface area contributed by atoms with Crippen molar-refractivity contribution < 1.29 is 9.90 Å². The molecule has 1 amide bonds. The minimum atomic E-state index is 0.152. The monoisotopic (exact) mass is 340 g/mol. The van der Waals surface area contributed by atoms with Crippen LogP contribution in [0.2, 0.25) is 0 Å². The summed E-state index contributed by atoms with van der Waals surface area (Å²) in [5, 5.41) is 9.63. The maximum Gasteiger partial charge on any atom is 0.270 e. The second kappa shape index (κ2) is 7.77. The van der Waals surface area contributed by atoms with E-state index < -0.39 is 0 Å². The van der Waals surface area contributed by atoms with Crippen molar-refractivity contribution in [2.24, 2.45) is 0 Å². The van der Waals surface area contributed by atoms with Crippen LogP contribution in [0.5, 0.6) is 5.75 Å². The van der Waals surface area contributed by atoms with Crippen LogP contribution in [0, 0.1) is 0 Å². The topological polar surface area (TPSA) is 45.5 Å². The molecule has 1 aromatic heterocycles. The third-order valence-electron chi connectivity index (χ3n) is 5.12. The Morgan fingerprint density at radius 2 is 2.08 bits per heavy atom. The summed E-state index contributed by atoms with van der Waals surface area (Å²) in [6, 6.07) is 11.9. The second-order valence-electron chi connectivity index (χ2n) is 7.25. The van der Waals surface area contributed by atoms with Gasteiger partial charge in [-0.2, -0.15) is 0 Å². The summed E-state index contributed by atoms with van der Waals surface area (Å²) in [6.45, 7) is 5.05. The molecule has 0 radical (unpaired) electrons. The standard InChI is InChI=1S/C21H28N2O2/c1-16(2)22-14-6-10-20(22)21(25)23-13-4-3-8-18(23)12-11-17-7-5-9-19(24)15-17/h5-7,9-10,14-16,18,24H,3-4,8,11-13H2,1-2H3. The van der Waals surface area contributed by atoms with Gasteiger partial charge in [0.25, 0.3) is 5.91 Å². The first-order valence-electron chi connectivity index (χ1n) is 9.32. The zero-order chi connectivity index (χ0) is 17.8. The summed E-state index contributed by atoms with van der Waals surface area (Å²) in [4.78, 5) is 15.2. The minimum Gasteiger partial charge on any atom is -0.508 e. The fourth-order valence-corrected chi connectivity index (χ4v) is 3.79. The number of amides is 1. The van der Waals surface area contributed by atoms with E-state index in [0.717, 1.165) is 43.5 Å². The van der Waals surface area contributed by atoms with Gasteiger partial charge in [-0.3, -0.25) is 4.79 Å². The normalized spacial score (nSPS) is 17.9. The van der Waals surface area contributed by atoms with E-state index >= 15 is 0 Å². The number of nitrogens with zero attached hydrogens (tertiary/aromatic N) is 2. The highest BCUT2D eigenvalue weighted by Gasteiger charge is 2.28. The highest BCUT2D eigenvalue weighted by molar-refractivity contribution is 5.93. The van der Waals surface area contributed by atoms with E-state index in [1.807, 2.05) is 36.5 Å². The largest absolute Gasteiger partial charge is 0.508 e. The number of aromatic hydroxyl groups is 1. The molecule has 1 unspecified atom stereocenters. The van der Waals surface area contributed by atoms with Gasteiger partial charge in [0.05, 0.1) is 0 Å². The van der Waals surface area contributed by atoms with Gasteiger partial charge < -0.3 is 14.6 Å². The fraction of sp³-hybridized carbons (Fsp3) is 0.476. The van der Waals surface area contributed by atoms with E-state index in [9.17, 15) is 9.90 Å². The van der Waals surface area contributed by atoms with Crippen molar-refractivity contribution in [1.82, 2.24) is 9.47 Å². The van der Waals surface area contributed by atoms with Crippen LogP contribution in [-0.2, 0) is 6.42 Å². The van der Waals surface area contributed by atoms with Crippen molar-refractivity contribution in [3.63, 3.8) is 0 Å². The molecule has 2 heterocycles. The average Bonchev–Trinajstić information content (AvgIpc) is 3.10. The summed E-state index contributed by atoms with van der Waals surface area (Å²) in [7, 11) is 0. The average molecular weight is 340 g/mol. The van der Waals surface area contributed by atoms with Crippen LogP contribution in [0.25, 0.3) is 0 Å². The van der Waals surface area contributed by atoms with Crippen molar-refractivity contribution in [3.8, 4) is 5.75 Å². The molecule has 25 heavy (non-hydrogen) atoms. The number of phenolic OH excluding ortho intramolecular Hbond substituents is 1. The first kappa shape index (κ1) is 17.6. The number of carbonyl (C=O) groups excluding carboxylic acids is 1. The Morgan fingerprint density at radius 3 is 2.84 bits per heavy atom. The van der Waals surface area contributed by atoms with Gasteiger partial charge >= 0.3 is 0 Å². The van der Waals surface area contributed by atoms with E-state index in [4.69, 9.17) is 0 Å². The maximum atomic E-state index is 13.1. The molecule has 134 valence electrons. The smallest absolute Gasteiger partial charge is 0.270 e. The van der Waals surface area contributed by atoms with E-state index in [2.05, 4.69) is 23.3 Å². The van der Waals surface area contributed by atoms with Crippen LogP contribution in [0.3, 0.4) is 0 Å². The number of likely N-dealkylation sites (tertiary alicyclic amines) is 1. The first-order chi connectivity index (χ1) is 12.1. The van der Waals surface area contributed by atoms with Crippen molar-refractivity contribution in [1.29, 1.82) is 0 Å². The van der Waals surface area contributed by atoms with Crippen LogP contribution in [0.1, 0.15) is 61.6 Å². The number of aryl methyl sites for hydroxylation is 1. The van der Waals surface area contributed by atoms with Gasteiger partial charge in [-0.15, -0.1) is 0 Å². The van der Waals surface area contributed by atoms with Crippen molar-refractivity contribution >= 4 is 5.91 Å². The summed E-state index contributed by atoms with van der Waals surface area (Å²) in [5.41, 5.74) is 1.92. The number of hydrogen-bond donors (Lipinski definition) is 1. The van der Waals surface area contributed by atoms with E-state index in [0.29, 0.717) is 5.75 Å². The Hall–Kier alpha value is -2.23. The molecular weight excluding hydrogens is 312 g/mol. The second-order valence-corrected chi connectivity index (χ2v) is 7.25. The summed E-state index contributed by atoms with van der Waals surface area (Å²) >= 11 is 0. The molecule has 0 saturated carbocycles. The highest BCUT2D eigenvalue weighted by Crippen LogP contribution is 2.25. The number of carbonyl (C=O) groups is 1. The molecule has 1 saturated heterocycles. The molecule has 1 aromatic carbocycles. The predicted octanol–water partition coefficient (Wildman–Crippen LogP) is 4.40. The van der Waals surface area contributed by atoms with Gasteiger partial charge in [-0.1, -0.05) is 12.1 Å². The summed E-state index contributed by atoms with van der Waals surface area (Å²) < 4.78 is 2.06. The lowest BCUT2D eigenvalue weighted by molar-refractivity contribution is 0.0589. The van der Waals surface area contributed by atoms with E-state index in [-0.39, 0.29) is 18.0 Å². The number of aromatic nitrogens is 1. The quantitative estimate of drug-likeness (QED) is 0.877. The van der Waals surface area contributed by atoms with Gasteiger partial charge in [0.1, 0.15) is 11.4 Å². The molecule has 3 rings (SSSR count). The van der Waals surface area contributed by atoms with Crippen LogP contribution >= 0.6 is 0 Å². The van der Waals surface area contributed by atoms with Crippen molar-refractivity contribution in [2.45, 2.75) is 58.0 Å². The van der Waals surface area contributed by atoms with Crippen LogP contribution in [0.15, 0.2) is 42.6 Å².